The lowest BCUT2D eigenvalue weighted by molar-refractivity contribution is -0.129. The van der Waals surface area contributed by atoms with Gasteiger partial charge in [0.2, 0.25) is 5.91 Å². The molecule has 1 saturated heterocycles. The third-order valence-electron chi connectivity index (χ3n) is 3.21. The molecule has 1 heterocycles. The van der Waals surface area contributed by atoms with E-state index in [4.69, 9.17) is 11.6 Å². The molecule has 1 aliphatic rings. The monoisotopic (exact) mass is 316 g/mol. The van der Waals surface area contributed by atoms with Gasteiger partial charge in [-0.25, -0.2) is 8.42 Å². The van der Waals surface area contributed by atoms with E-state index in [1.54, 1.807) is 4.90 Å². The first kappa shape index (κ1) is 15.3. The topological polar surface area (TPSA) is 66.5 Å². The van der Waals surface area contributed by atoms with Gasteiger partial charge < -0.3 is 10.2 Å². The van der Waals surface area contributed by atoms with Crippen LogP contribution >= 0.6 is 11.6 Å². The van der Waals surface area contributed by atoms with Crippen LogP contribution in [0.3, 0.4) is 0 Å². The molecule has 0 aromatic heterocycles. The summed E-state index contributed by atoms with van der Waals surface area (Å²) >= 11 is 5.73. The highest BCUT2D eigenvalue weighted by Crippen LogP contribution is 2.16. The number of amides is 1. The van der Waals surface area contributed by atoms with E-state index >= 15 is 0 Å². The van der Waals surface area contributed by atoms with E-state index < -0.39 is 15.6 Å². The van der Waals surface area contributed by atoms with Crippen molar-refractivity contribution in [1.82, 2.24) is 10.2 Å². The summed E-state index contributed by atoms with van der Waals surface area (Å²) in [6, 6.07) is 6.04. The summed E-state index contributed by atoms with van der Waals surface area (Å²) in [4.78, 5) is 13.8. The minimum atomic E-state index is -3.61. The first-order valence-corrected chi connectivity index (χ1v) is 8.41. The number of rotatable bonds is 3. The molecule has 2 rings (SSSR count). The van der Waals surface area contributed by atoms with Gasteiger partial charge in [-0.15, -0.1) is 0 Å². The number of carbonyl (C=O) groups is 1. The van der Waals surface area contributed by atoms with Crippen molar-refractivity contribution in [3.8, 4) is 0 Å². The molecule has 1 aromatic carbocycles. The van der Waals surface area contributed by atoms with Crippen LogP contribution in [-0.4, -0.2) is 50.7 Å². The smallest absolute Gasteiger partial charge is 0.238 e. The Morgan fingerprint density at radius 1 is 1.40 bits per heavy atom. The van der Waals surface area contributed by atoms with Gasteiger partial charge in [0.1, 0.15) is 5.75 Å². The van der Waals surface area contributed by atoms with E-state index in [-0.39, 0.29) is 16.8 Å². The molecule has 0 aliphatic carbocycles. The van der Waals surface area contributed by atoms with Crippen molar-refractivity contribution in [3.05, 3.63) is 29.3 Å². The Labute approximate surface area is 123 Å². The molecule has 1 aromatic rings. The Morgan fingerprint density at radius 2 is 2.05 bits per heavy atom. The van der Waals surface area contributed by atoms with Gasteiger partial charge in [-0.1, -0.05) is 11.6 Å². The molecule has 1 atom stereocenters. The zero-order chi connectivity index (χ0) is 14.8. The van der Waals surface area contributed by atoms with Crippen molar-refractivity contribution in [2.45, 2.75) is 17.9 Å². The minimum Gasteiger partial charge on any atom is -0.339 e. The zero-order valence-corrected chi connectivity index (χ0v) is 12.7. The summed E-state index contributed by atoms with van der Waals surface area (Å²) in [6.07, 6.45) is 0. The Bertz CT molecular complexity index is 586. The Balaban J connectivity index is 2.08. The first-order valence-electron chi connectivity index (χ1n) is 6.38. The van der Waals surface area contributed by atoms with Crippen LogP contribution in [0.4, 0.5) is 0 Å². The van der Waals surface area contributed by atoms with Crippen LogP contribution in [-0.2, 0) is 14.6 Å². The summed E-state index contributed by atoms with van der Waals surface area (Å²) in [5, 5.41) is 3.67. The first-order chi connectivity index (χ1) is 9.38. The van der Waals surface area contributed by atoms with Gasteiger partial charge >= 0.3 is 0 Å². The largest absolute Gasteiger partial charge is 0.339 e. The van der Waals surface area contributed by atoms with Crippen LogP contribution in [0.1, 0.15) is 6.92 Å². The normalized spacial score (nSPS) is 19.9. The molecule has 0 saturated carbocycles. The van der Waals surface area contributed by atoms with Crippen molar-refractivity contribution < 1.29 is 13.2 Å². The van der Waals surface area contributed by atoms with Crippen LogP contribution in [0.2, 0.25) is 5.02 Å². The third kappa shape index (κ3) is 3.71. The molecule has 1 aliphatic heterocycles. The predicted octanol–water partition coefficient (Wildman–Crippen LogP) is 0.934. The van der Waals surface area contributed by atoms with Gasteiger partial charge in [0.15, 0.2) is 9.84 Å². The lowest BCUT2D eigenvalue weighted by Crippen LogP contribution is -2.52. The van der Waals surface area contributed by atoms with E-state index in [1.165, 1.54) is 24.3 Å². The van der Waals surface area contributed by atoms with Gasteiger partial charge in [-0.05, 0) is 31.2 Å². The summed E-state index contributed by atoms with van der Waals surface area (Å²) in [5.41, 5.74) is 0. The van der Waals surface area contributed by atoms with E-state index in [1.807, 2.05) is 6.92 Å². The number of piperazine rings is 1. The zero-order valence-electron chi connectivity index (χ0n) is 11.2. The van der Waals surface area contributed by atoms with Gasteiger partial charge in [-0.3, -0.25) is 4.79 Å². The molecular formula is C13H17ClN2O3S. The highest BCUT2D eigenvalue weighted by molar-refractivity contribution is 7.92. The molecule has 0 spiro atoms. The maximum Gasteiger partial charge on any atom is 0.238 e. The van der Waals surface area contributed by atoms with Gasteiger partial charge in [0.25, 0.3) is 0 Å². The molecule has 1 N–H and O–H groups in total. The molecule has 7 heteroatoms. The van der Waals surface area contributed by atoms with Crippen LogP contribution < -0.4 is 5.32 Å². The van der Waals surface area contributed by atoms with Crippen LogP contribution in [0, 0.1) is 0 Å². The second kappa shape index (κ2) is 6.11. The molecule has 20 heavy (non-hydrogen) atoms. The Hall–Kier alpha value is -1.11. The second-order valence-corrected chi connectivity index (χ2v) is 7.33. The number of sulfone groups is 1. The summed E-state index contributed by atoms with van der Waals surface area (Å²) in [7, 11) is -3.61. The summed E-state index contributed by atoms with van der Waals surface area (Å²) < 4.78 is 24.3. The minimum absolute atomic E-state index is 0.124. The van der Waals surface area contributed by atoms with E-state index in [2.05, 4.69) is 5.32 Å². The highest BCUT2D eigenvalue weighted by Gasteiger charge is 2.26. The number of hydrogen-bond acceptors (Lipinski definition) is 4. The molecule has 0 bridgehead atoms. The summed E-state index contributed by atoms with van der Waals surface area (Å²) in [5.74, 6) is -0.852. The van der Waals surface area contributed by atoms with Crippen LogP contribution in [0.15, 0.2) is 29.2 Å². The number of hydrogen-bond donors (Lipinski definition) is 1. The van der Waals surface area contributed by atoms with E-state index in [0.717, 1.165) is 0 Å². The fourth-order valence-corrected chi connectivity index (χ4v) is 3.49. The molecule has 5 nitrogen and oxygen atoms in total. The van der Waals surface area contributed by atoms with Crippen molar-refractivity contribution in [2.75, 3.05) is 25.4 Å². The molecule has 0 radical (unpaired) electrons. The molecule has 1 fully saturated rings. The fraction of sp³-hybridized carbons (Fsp3) is 0.462. The molecular weight excluding hydrogens is 300 g/mol. The average Bonchev–Trinajstić information content (AvgIpc) is 2.38. The van der Waals surface area contributed by atoms with Gasteiger partial charge in [0, 0.05) is 30.7 Å². The number of carbonyl (C=O) groups excluding carboxylic acids is 1. The molecule has 1 amide bonds. The SMILES string of the molecule is CC1CN(C(=O)CS(=O)(=O)c2ccc(Cl)cc2)CCN1. The fourth-order valence-electron chi connectivity index (χ4n) is 2.14. The van der Waals surface area contributed by atoms with Gasteiger partial charge in [-0.2, -0.15) is 0 Å². The Morgan fingerprint density at radius 3 is 2.65 bits per heavy atom. The maximum atomic E-state index is 12.2. The molecule has 110 valence electrons. The number of nitrogens with zero attached hydrogens (tertiary/aromatic N) is 1. The van der Waals surface area contributed by atoms with Crippen molar-refractivity contribution in [2.24, 2.45) is 0 Å². The van der Waals surface area contributed by atoms with E-state index in [9.17, 15) is 13.2 Å². The van der Waals surface area contributed by atoms with Crippen molar-refractivity contribution in [1.29, 1.82) is 0 Å². The number of benzene rings is 1. The van der Waals surface area contributed by atoms with Crippen LogP contribution in [0.25, 0.3) is 0 Å². The average molecular weight is 317 g/mol. The lowest BCUT2D eigenvalue weighted by Gasteiger charge is -2.31. The number of halogens is 1. The van der Waals surface area contributed by atoms with Gasteiger partial charge in [0.05, 0.1) is 4.90 Å². The van der Waals surface area contributed by atoms with E-state index in [0.29, 0.717) is 24.7 Å². The summed E-state index contributed by atoms with van der Waals surface area (Å²) in [6.45, 7) is 3.73. The van der Waals surface area contributed by atoms with Crippen molar-refractivity contribution >= 4 is 27.3 Å². The second-order valence-electron chi connectivity index (χ2n) is 4.91. The lowest BCUT2D eigenvalue weighted by atomic mass is 10.2. The van der Waals surface area contributed by atoms with Crippen LogP contribution in [0.5, 0.6) is 0 Å². The maximum absolute atomic E-state index is 12.2. The highest BCUT2D eigenvalue weighted by atomic mass is 35.5. The number of nitrogens with one attached hydrogen (secondary N) is 1. The predicted molar refractivity (Wildman–Crippen MR) is 77.5 cm³/mol. The third-order valence-corrected chi connectivity index (χ3v) is 5.08. The van der Waals surface area contributed by atoms with Crippen molar-refractivity contribution in [3.63, 3.8) is 0 Å². The quantitative estimate of drug-likeness (QED) is 0.901. The molecule has 1 unspecified atom stereocenters. The standard InChI is InChI=1S/C13H17ClN2O3S/c1-10-8-16(7-6-15-10)13(17)9-20(18,19)12-4-2-11(14)3-5-12/h2-5,10,15H,6-9H2,1H3. The Kier molecular flexibility index (Phi) is 4.67.